The zero-order valence-electron chi connectivity index (χ0n) is 11.3. The highest BCUT2D eigenvalue weighted by molar-refractivity contribution is 5.95. The number of para-hydroxylation sites is 2. The van der Waals surface area contributed by atoms with Crippen LogP contribution in [0.25, 0.3) is 0 Å². The number of aromatic carboxylic acids is 1. The molecule has 1 aliphatic heterocycles. The SMILES string of the molecule is COc1cc(C(=O)O)c(N2CCOc3ccccc32)nn1. The van der Waals surface area contributed by atoms with E-state index in [0.29, 0.717) is 18.9 Å². The highest BCUT2D eigenvalue weighted by Gasteiger charge is 2.25. The van der Waals surface area contributed by atoms with Gasteiger partial charge in [-0.1, -0.05) is 12.1 Å². The topological polar surface area (TPSA) is 84.8 Å². The van der Waals surface area contributed by atoms with Gasteiger partial charge in [0, 0.05) is 6.07 Å². The first-order valence-corrected chi connectivity index (χ1v) is 6.35. The zero-order valence-corrected chi connectivity index (χ0v) is 11.3. The van der Waals surface area contributed by atoms with Crippen LogP contribution in [-0.4, -0.2) is 41.5 Å². The van der Waals surface area contributed by atoms with Crippen molar-refractivity contribution in [2.45, 2.75) is 0 Å². The molecule has 0 saturated carbocycles. The Morgan fingerprint density at radius 2 is 2.19 bits per heavy atom. The van der Waals surface area contributed by atoms with Crippen LogP contribution < -0.4 is 14.4 Å². The van der Waals surface area contributed by atoms with E-state index in [1.54, 1.807) is 4.90 Å². The highest BCUT2D eigenvalue weighted by Crippen LogP contribution is 2.36. The van der Waals surface area contributed by atoms with E-state index >= 15 is 0 Å². The number of anilines is 2. The van der Waals surface area contributed by atoms with Gasteiger partial charge in [-0.15, -0.1) is 10.2 Å². The van der Waals surface area contributed by atoms with Crippen LogP contribution in [0.15, 0.2) is 30.3 Å². The molecule has 1 aliphatic rings. The molecular weight excluding hydrogens is 274 g/mol. The number of fused-ring (bicyclic) bond motifs is 1. The molecule has 1 N–H and O–H groups in total. The molecule has 21 heavy (non-hydrogen) atoms. The lowest BCUT2D eigenvalue weighted by atomic mass is 10.2. The van der Waals surface area contributed by atoms with E-state index in [4.69, 9.17) is 9.47 Å². The quantitative estimate of drug-likeness (QED) is 0.919. The van der Waals surface area contributed by atoms with Gasteiger partial charge < -0.3 is 19.5 Å². The van der Waals surface area contributed by atoms with Crippen molar-refractivity contribution in [2.24, 2.45) is 0 Å². The summed E-state index contributed by atoms with van der Waals surface area (Å²) in [5, 5.41) is 17.3. The van der Waals surface area contributed by atoms with E-state index < -0.39 is 5.97 Å². The summed E-state index contributed by atoms with van der Waals surface area (Å²) in [5.41, 5.74) is 0.810. The van der Waals surface area contributed by atoms with E-state index in [2.05, 4.69) is 10.2 Å². The van der Waals surface area contributed by atoms with Crippen molar-refractivity contribution >= 4 is 17.5 Å². The van der Waals surface area contributed by atoms with Gasteiger partial charge in [0.25, 0.3) is 0 Å². The van der Waals surface area contributed by atoms with Gasteiger partial charge in [-0.05, 0) is 12.1 Å². The van der Waals surface area contributed by atoms with Gasteiger partial charge in [0.05, 0.1) is 19.3 Å². The fourth-order valence-corrected chi connectivity index (χ4v) is 2.21. The number of ether oxygens (including phenoxy) is 2. The second-order valence-corrected chi connectivity index (χ2v) is 4.40. The van der Waals surface area contributed by atoms with Crippen molar-refractivity contribution in [3.05, 3.63) is 35.9 Å². The van der Waals surface area contributed by atoms with Gasteiger partial charge >= 0.3 is 5.97 Å². The lowest BCUT2D eigenvalue weighted by Gasteiger charge is -2.30. The predicted molar refractivity (Wildman–Crippen MR) is 74.5 cm³/mol. The van der Waals surface area contributed by atoms with Crippen LogP contribution in [0.5, 0.6) is 11.6 Å². The van der Waals surface area contributed by atoms with Crippen LogP contribution in [0.3, 0.4) is 0 Å². The van der Waals surface area contributed by atoms with Gasteiger partial charge in [0.2, 0.25) is 5.88 Å². The first-order valence-electron chi connectivity index (χ1n) is 6.35. The third-order valence-corrected chi connectivity index (χ3v) is 3.18. The second kappa shape index (κ2) is 5.28. The van der Waals surface area contributed by atoms with Crippen molar-refractivity contribution < 1.29 is 19.4 Å². The minimum Gasteiger partial charge on any atom is -0.490 e. The number of benzene rings is 1. The average Bonchev–Trinajstić information content (AvgIpc) is 2.53. The van der Waals surface area contributed by atoms with Crippen molar-refractivity contribution in [3.8, 4) is 11.6 Å². The Kier molecular flexibility index (Phi) is 3.31. The smallest absolute Gasteiger partial charge is 0.339 e. The normalized spacial score (nSPS) is 13.3. The number of nitrogens with zero attached hydrogens (tertiary/aromatic N) is 3. The van der Waals surface area contributed by atoms with Crippen LogP contribution in [0.4, 0.5) is 11.5 Å². The van der Waals surface area contributed by atoms with Crippen LogP contribution >= 0.6 is 0 Å². The molecule has 0 atom stereocenters. The first kappa shape index (κ1) is 13.2. The Bertz CT molecular complexity index is 690. The summed E-state index contributed by atoms with van der Waals surface area (Å²) >= 11 is 0. The van der Waals surface area contributed by atoms with Crippen molar-refractivity contribution in [2.75, 3.05) is 25.2 Å². The maximum Gasteiger partial charge on any atom is 0.339 e. The molecule has 0 radical (unpaired) electrons. The predicted octanol–water partition coefficient (Wildman–Crippen LogP) is 1.71. The molecule has 0 fully saturated rings. The molecule has 2 heterocycles. The molecule has 108 valence electrons. The monoisotopic (exact) mass is 287 g/mol. The number of carbonyl (C=O) groups is 1. The molecule has 0 spiro atoms. The minimum atomic E-state index is -1.08. The zero-order chi connectivity index (χ0) is 14.8. The molecule has 3 rings (SSSR count). The largest absolute Gasteiger partial charge is 0.490 e. The number of rotatable bonds is 3. The Balaban J connectivity index is 2.11. The fraction of sp³-hybridized carbons (Fsp3) is 0.214. The molecule has 0 saturated heterocycles. The molecule has 7 nitrogen and oxygen atoms in total. The Morgan fingerprint density at radius 3 is 2.95 bits per heavy atom. The summed E-state index contributed by atoms with van der Waals surface area (Å²) in [6.07, 6.45) is 0. The highest BCUT2D eigenvalue weighted by atomic mass is 16.5. The number of aromatic nitrogens is 2. The number of carboxylic acids is 1. The van der Waals surface area contributed by atoms with E-state index in [0.717, 1.165) is 5.69 Å². The molecule has 1 aromatic heterocycles. The van der Waals surface area contributed by atoms with Crippen LogP contribution in [-0.2, 0) is 0 Å². The maximum absolute atomic E-state index is 11.5. The lowest BCUT2D eigenvalue weighted by Crippen LogP contribution is -2.30. The van der Waals surface area contributed by atoms with E-state index in [-0.39, 0.29) is 17.3 Å². The van der Waals surface area contributed by atoms with Gasteiger partial charge in [-0.25, -0.2) is 4.79 Å². The summed E-state index contributed by atoms with van der Waals surface area (Å²) < 4.78 is 10.5. The molecule has 1 aromatic carbocycles. The number of hydrogen-bond donors (Lipinski definition) is 1. The summed E-state index contributed by atoms with van der Waals surface area (Å²) in [7, 11) is 1.42. The first-order chi connectivity index (χ1) is 10.2. The second-order valence-electron chi connectivity index (χ2n) is 4.40. The summed E-state index contributed by atoms with van der Waals surface area (Å²) in [6.45, 7) is 0.947. The number of carboxylic acid groups (broad SMARTS) is 1. The molecular formula is C14H13N3O4. The maximum atomic E-state index is 11.5. The van der Waals surface area contributed by atoms with E-state index in [1.807, 2.05) is 24.3 Å². The molecule has 2 aromatic rings. The summed E-state index contributed by atoms with van der Waals surface area (Å²) in [5.74, 6) is 0.0524. The van der Waals surface area contributed by atoms with E-state index in [9.17, 15) is 9.90 Å². The standard InChI is InChI=1S/C14H13N3O4/c1-20-12-8-9(14(18)19)13(16-15-12)17-6-7-21-11-5-3-2-4-10(11)17/h2-5,8H,6-7H2,1H3,(H,18,19). The van der Waals surface area contributed by atoms with Gasteiger partial charge in [-0.3, -0.25) is 0 Å². The van der Waals surface area contributed by atoms with Gasteiger partial charge in [0.1, 0.15) is 17.9 Å². The average molecular weight is 287 g/mol. The van der Waals surface area contributed by atoms with Crippen molar-refractivity contribution in [3.63, 3.8) is 0 Å². The Hall–Kier alpha value is -2.83. The van der Waals surface area contributed by atoms with Crippen LogP contribution in [0.1, 0.15) is 10.4 Å². The lowest BCUT2D eigenvalue weighted by molar-refractivity contribution is 0.0696. The van der Waals surface area contributed by atoms with Crippen LogP contribution in [0.2, 0.25) is 0 Å². The molecule has 0 bridgehead atoms. The van der Waals surface area contributed by atoms with Gasteiger partial charge in [-0.2, -0.15) is 0 Å². The van der Waals surface area contributed by atoms with Crippen molar-refractivity contribution in [1.29, 1.82) is 0 Å². The minimum absolute atomic E-state index is 0.0403. The fourth-order valence-electron chi connectivity index (χ4n) is 2.21. The van der Waals surface area contributed by atoms with Crippen molar-refractivity contribution in [1.82, 2.24) is 10.2 Å². The molecule has 0 unspecified atom stereocenters. The molecule has 0 amide bonds. The van der Waals surface area contributed by atoms with Gasteiger partial charge in [0.15, 0.2) is 5.82 Å². The number of hydrogen-bond acceptors (Lipinski definition) is 6. The Labute approximate surface area is 120 Å². The molecule has 0 aliphatic carbocycles. The van der Waals surface area contributed by atoms with Crippen LogP contribution in [0, 0.1) is 0 Å². The summed E-state index contributed by atoms with van der Waals surface area (Å²) in [4.78, 5) is 13.2. The van der Waals surface area contributed by atoms with E-state index in [1.165, 1.54) is 13.2 Å². The molecule has 7 heteroatoms. The summed E-state index contributed by atoms with van der Waals surface area (Å²) in [6, 6.07) is 8.77. The number of methoxy groups -OCH3 is 1. The Morgan fingerprint density at radius 1 is 1.38 bits per heavy atom. The third kappa shape index (κ3) is 2.33. The third-order valence-electron chi connectivity index (χ3n) is 3.18.